The van der Waals surface area contributed by atoms with Crippen LogP contribution in [0.15, 0.2) is 30.3 Å². The van der Waals surface area contributed by atoms with E-state index in [-0.39, 0.29) is 17.2 Å². The number of nitro groups is 1. The van der Waals surface area contributed by atoms with E-state index in [1.54, 1.807) is 17.0 Å². The number of methoxy groups -OCH3 is 2. The van der Waals surface area contributed by atoms with E-state index in [0.29, 0.717) is 31.9 Å². The van der Waals surface area contributed by atoms with E-state index in [2.05, 4.69) is 0 Å². The molecule has 2 aromatic rings. The van der Waals surface area contributed by atoms with Crippen molar-refractivity contribution in [1.29, 1.82) is 0 Å². The van der Waals surface area contributed by atoms with E-state index in [4.69, 9.17) is 9.47 Å². The van der Waals surface area contributed by atoms with Crippen LogP contribution < -0.4 is 19.3 Å². The zero-order valence-corrected chi connectivity index (χ0v) is 14.9. The van der Waals surface area contributed by atoms with Crippen molar-refractivity contribution in [1.82, 2.24) is 0 Å². The Morgan fingerprint density at radius 3 is 2.19 bits per heavy atom. The molecule has 1 heterocycles. The van der Waals surface area contributed by atoms with Gasteiger partial charge in [-0.3, -0.25) is 10.1 Å². The van der Waals surface area contributed by atoms with Gasteiger partial charge in [-0.2, -0.15) is 4.39 Å². The number of halogens is 2. The molecule has 7 nitrogen and oxygen atoms in total. The standard InChI is InChI=1S/C18H19F2N3O4/c1-26-13-10-15(20)18(23(24)25)16(11-13)22-7-5-21(6-8-22)12-3-4-17(27-2)14(19)9-12/h3-4,9-11H,5-8H2,1-2H3. The van der Waals surface area contributed by atoms with Crippen LogP contribution in [0.2, 0.25) is 0 Å². The number of piperazine rings is 1. The van der Waals surface area contributed by atoms with E-state index in [1.165, 1.54) is 26.4 Å². The van der Waals surface area contributed by atoms with Gasteiger partial charge in [0.2, 0.25) is 5.82 Å². The van der Waals surface area contributed by atoms with Gasteiger partial charge in [-0.1, -0.05) is 0 Å². The number of benzene rings is 2. The fourth-order valence-corrected chi connectivity index (χ4v) is 3.16. The minimum absolute atomic E-state index is 0.167. The third-order valence-corrected chi connectivity index (χ3v) is 4.56. The average molecular weight is 379 g/mol. The third kappa shape index (κ3) is 3.71. The van der Waals surface area contributed by atoms with Gasteiger partial charge in [0.15, 0.2) is 11.6 Å². The molecule has 0 aromatic heterocycles. The summed E-state index contributed by atoms with van der Waals surface area (Å²) >= 11 is 0. The second-order valence-electron chi connectivity index (χ2n) is 6.03. The van der Waals surface area contributed by atoms with Crippen LogP contribution in [-0.2, 0) is 0 Å². The summed E-state index contributed by atoms with van der Waals surface area (Å²) in [5, 5.41) is 11.3. The molecule has 0 amide bonds. The van der Waals surface area contributed by atoms with Crippen LogP contribution in [0.3, 0.4) is 0 Å². The van der Waals surface area contributed by atoms with Gasteiger partial charge in [0.25, 0.3) is 0 Å². The molecule has 2 aromatic carbocycles. The number of hydrogen-bond acceptors (Lipinski definition) is 6. The maximum atomic E-state index is 14.1. The zero-order valence-electron chi connectivity index (χ0n) is 14.9. The zero-order chi connectivity index (χ0) is 19.6. The molecule has 9 heteroatoms. The Morgan fingerprint density at radius 1 is 0.963 bits per heavy atom. The van der Waals surface area contributed by atoms with Crippen molar-refractivity contribution in [2.45, 2.75) is 0 Å². The quantitative estimate of drug-likeness (QED) is 0.587. The number of nitro benzene ring substituents is 1. The highest BCUT2D eigenvalue weighted by Gasteiger charge is 2.28. The number of rotatable bonds is 5. The lowest BCUT2D eigenvalue weighted by atomic mass is 10.1. The molecule has 0 aliphatic carbocycles. The van der Waals surface area contributed by atoms with E-state index in [0.717, 1.165) is 6.07 Å². The smallest absolute Gasteiger partial charge is 0.328 e. The molecule has 0 atom stereocenters. The van der Waals surface area contributed by atoms with Crippen LogP contribution in [0.5, 0.6) is 11.5 Å². The second kappa shape index (κ2) is 7.65. The lowest BCUT2D eigenvalue weighted by molar-refractivity contribution is -0.386. The number of anilines is 2. The fourth-order valence-electron chi connectivity index (χ4n) is 3.16. The summed E-state index contributed by atoms with van der Waals surface area (Å²) in [7, 11) is 2.78. The second-order valence-corrected chi connectivity index (χ2v) is 6.03. The highest BCUT2D eigenvalue weighted by atomic mass is 19.1. The largest absolute Gasteiger partial charge is 0.497 e. The van der Waals surface area contributed by atoms with E-state index in [9.17, 15) is 18.9 Å². The Kier molecular flexibility index (Phi) is 5.29. The first-order chi connectivity index (χ1) is 12.9. The molecule has 144 valence electrons. The SMILES string of the molecule is COc1cc(F)c([N+](=O)[O-])c(N2CCN(c3ccc(OC)c(F)c3)CC2)c1. The maximum absolute atomic E-state index is 14.1. The van der Waals surface area contributed by atoms with Gasteiger partial charge in [-0.25, -0.2) is 4.39 Å². The predicted molar refractivity (Wildman–Crippen MR) is 97.0 cm³/mol. The Bertz CT molecular complexity index is 855. The monoisotopic (exact) mass is 379 g/mol. The molecule has 1 fully saturated rings. The van der Waals surface area contributed by atoms with Crippen LogP contribution >= 0.6 is 0 Å². The van der Waals surface area contributed by atoms with E-state index < -0.39 is 22.2 Å². The van der Waals surface area contributed by atoms with Crippen molar-refractivity contribution in [2.75, 3.05) is 50.2 Å². The Morgan fingerprint density at radius 2 is 1.63 bits per heavy atom. The molecule has 3 rings (SSSR count). The van der Waals surface area contributed by atoms with Gasteiger partial charge in [-0.15, -0.1) is 0 Å². The van der Waals surface area contributed by atoms with Crippen LogP contribution in [0.25, 0.3) is 0 Å². The molecular weight excluding hydrogens is 360 g/mol. The van der Waals surface area contributed by atoms with Gasteiger partial charge < -0.3 is 19.3 Å². The van der Waals surface area contributed by atoms with Gasteiger partial charge in [0.05, 0.1) is 19.1 Å². The summed E-state index contributed by atoms with van der Waals surface area (Å²) in [6, 6.07) is 7.16. The summed E-state index contributed by atoms with van der Waals surface area (Å²) in [5.74, 6) is -1.01. The van der Waals surface area contributed by atoms with Crippen molar-refractivity contribution in [3.63, 3.8) is 0 Å². The number of ether oxygens (including phenoxy) is 2. The Labute approximate surface area is 154 Å². The number of nitrogens with zero attached hydrogens (tertiary/aromatic N) is 3. The van der Waals surface area contributed by atoms with Gasteiger partial charge in [0.1, 0.15) is 11.4 Å². The van der Waals surface area contributed by atoms with Crippen molar-refractivity contribution in [3.8, 4) is 11.5 Å². The highest BCUT2D eigenvalue weighted by Crippen LogP contribution is 2.36. The summed E-state index contributed by atoms with van der Waals surface area (Å²) < 4.78 is 38.0. The molecule has 0 N–H and O–H groups in total. The molecule has 0 bridgehead atoms. The highest BCUT2D eigenvalue weighted by molar-refractivity contribution is 5.67. The molecule has 1 aliphatic heterocycles. The average Bonchev–Trinajstić information content (AvgIpc) is 2.67. The summed E-state index contributed by atoms with van der Waals surface area (Å²) in [6.07, 6.45) is 0. The molecule has 0 unspecified atom stereocenters. The Balaban J connectivity index is 1.80. The number of hydrogen-bond donors (Lipinski definition) is 0. The van der Waals surface area contributed by atoms with Crippen molar-refractivity contribution < 1.29 is 23.2 Å². The van der Waals surface area contributed by atoms with Gasteiger partial charge in [0, 0.05) is 50.1 Å². The molecule has 1 saturated heterocycles. The predicted octanol–water partition coefficient (Wildman–Crippen LogP) is 3.22. The lowest BCUT2D eigenvalue weighted by Crippen LogP contribution is -2.46. The molecule has 0 saturated carbocycles. The van der Waals surface area contributed by atoms with Crippen LogP contribution in [0.4, 0.5) is 25.8 Å². The van der Waals surface area contributed by atoms with Crippen LogP contribution in [0.1, 0.15) is 0 Å². The molecule has 1 aliphatic rings. The Hall–Kier alpha value is -3.10. The van der Waals surface area contributed by atoms with Crippen LogP contribution in [-0.4, -0.2) is 45.3 Å². The molecule has 27 heavy (non-hydrogen) atoms. The van der Waals surface area contributed by atoms with Crippen LogP contribution in [0, 0.1) is 21.7 Å². The third-order valence-electron chi connectivity index (χ3n) is 4.56. The van der Waals surface area contributed by atoms with E-state index in [1.807, 2.05) is 4.90 Å². The van der Waals surface area contributed by atoms with Gasteiger partial charge >= 0.3 is 5.69 Å². The lowest BCUT2D eigenvalue weighted by Gasteiger charge is -2.37. The molecule has 0 spiro atoms. The van der Waals surface area contributed by atoms with Crippen molar-refractivity contribution in [2.24, 2.45) is 0 Å². The minimum atomic E-state index is -0.936. The first-order valence-corrected chi connectivity index (χ1v) is 8.30. The first kappa shape index (κ1) is 18.7. The minimum Gasteiger partial charge on any atom is -0.497 e. The maximum Gasteiger partial charge on any atom is 0.328 e. The molecular formula is C18H19F2N3O4. The van der Waals surface area contributed by atoms with E-state index >= 15 is 0 Å². The summed E-state index contributed by atoms with van der Waals surface area (Å²) in [6.45, 7) is 1.84. The van der Waals surface area contributed by atoms with Crippen molar-refractivity contribution >= 4 is 17.1 Å². The summed E-state index contributed by atoms with van der Waals surface area (Å²) in [4.78, 5) is 14.3. The topological polar surface area (TPSA) is 68.1 Å². The normalized spacial score (nSPS) is 14.2. The first-order valence-electron chi connectivity index (χ1n) is 8.30. The van der Waals surface area contributed by atoms with Gasteiger partial charge in [-0.05, 0) is 12.1 Å². The fraction of sp³-hybridized carbons (Fsp3) is 0.333. The van der Waals surface area contributed by atoms with Crippen molar-refractivity contribution in [3.05, 3.63) is 52.1 Å². The molecule has 0 radical (unpaired) electrons. The summed E-state index contributed by atoms with van der Waals surface area (Å²) in [5.41, 5.74) is 0.302.